The molecule has 110 valence electrons. The molecule has 1 aliphatic carbocycles. The highest BCUT2D eigenvalue weighted by molar-refractivity contribution is 5.92. The Morgan fingerprint density at radius 2 is 2.14 bits per heavy atom. The number of primary amides is 1. The smallest absolute Gasteiger partial charge is 0.248 e. The maximum atomic E-state index is 11.2. The predicted molar refractivity (Wildman–Crippen MR) is 77.7 cm³/mol. The van der Waals surface area contributed by atoms with Gasteiger partial charge in [-0.3, -0.25) is 4.79 Å². The Kier molecular flexibility index (Phi) is 3.99. The predicted octanol–water partition coefficient (Wildman–Crippen LogP) is 2.49. The molecule has 1 aromatic carbocycles. The molecular weight excluding hydrogens is 266 g/mol. The SMILES string of the molecule is NC(=O)c1cccc(Cc2noc(CC3CCCC3)n2)c1. The van der Waals surface area contributed by atoms with Crippen molar-refractivity contribution in [3.8, 4) is 0 Å². The van der Waals surface area contributed by atoms with Gasteiger partial charge >= 0.3 is 0 Å². The van der Waals surface area contributed by atoms with Crippen molar-refractivity contribution in [3.63, 3.8) is 0 Å². The fraction of sp³-hybridized carbons (Fsp3) is 0.438. The number of carbonyl (C=O) groups excluding carboxylic acids is 1. The lowest BCUT2D eigenvalue weighted by Crippen LogP contribution is -2.11. The summed E-state index contributed by atoms with van der Waals surface area (Å²) in [6.07, 6.45) is 6.58. The standard InChI is InChI=1S/C16H19N3O2/c17-16(20)13-7-3-6-12(8-13)9-14-18-15(21-19-14)10-11-4-1-2-5-11/h3,6-8,11H,1-2,4-5,9-10H2,(H2,17,20). The van der Waals surface area contributed by atoms with E-state index in [0.717, 1.165) is 17.9 Å². The molecule has 2 aromatic rings. The van der Waals surface area contributed by atoms with Crippen LogP contribution in [-0.4, -0.2) is 16.0 Å². The lowest BCUT2D eigenvalue weighted by atomic mass is 10.0. The second-order valence-corrected chi connectivity index (χ2v) is 5.70. The number of carbonyl (C=O) groups is 1. The Hall–Kier alpha value is -2.17. The summed E-state index contributed by atoms with van der Waals surface area (Å²) in [5, 5.41) is 4.03. The average molecular weight is 285 g/mol. The van der Waals surface area contributed by atoms with E-state index >= 15 is 0 Å². The molecule has 0 bridgehead atoms. The van der Waals surface area contributed by atoms with Gasteiger partial charge in [0, 0.05) is 18.4 Å². The van der Waals surface area contributed by atoms with Crippen molar-refractivity contribution in [1.29, 1.82) is 0 Å². The first-order chi connectivity index (χ1) is 10.2. The summed E-state index contributed by atoms with van der Waals surface area (Å²) in [6, 6.07) is 7.22. The Labute approximate surface area is 123 Å². The third-order valence-corrected chi connectivity index (χ3v) is 4.02. The monoisotopic (exact) mass is 285 g/mol. The van der Waals surface area contributed by atoms with Gasteiger partial charge in [-0.15, -0.1) is 0 Å². The molecule has 5 nitrogen and oxygen atoms in total. The number of hydrogen-bond donors (Lipinski definition) is 1. The van der Waals surface area contributed by atoms with Crippen LogP contribution in [0, 0.1) is 5.92 Å². The summed E-state index contributed by atoms with van der Waals surface area (Å²) < 4.78 is 5.32. The number of benzene rings is 1. The van der Waals surface area contributed by atoms with Crippen LogP contribution in [0.25, 0.3) is 0 Å². The first-order valence-corrected chi connectivity index (χ1v) is 7.41. The largest absolute Gasteiger partial charge is 0.366 e. The van der Waals surface area contributed by atoms with E-state index in [1.165, 1.54) is 25.7 Å². The van der Waals surface area contributed by atoms with Crippen LogP contribution in [0.2, 0.25) is 0 Å². The highest BCUT2D eigenvalue weighted by Crippen LogP contribution is 2.27. The first kappa shape index (κ1) is 13.8. The maximum absolute atomic E-state index is 11.2. The molecule has 2 N–H and O–H groups in total. The van der Waals surface area contributed by atoms with Crippen molar-refractivity contribution in [2.24, 2.45) is 11.7 Å². The van der Waals surface area contributed by atoms with E-state index in [9.17, 15) is 4.79 Å². The van der Waals surface area contributed by atoms with Gasteiger partial charge in [-0.1, -0.05) is 30.1 Å². The summed E-state index contributed by atoms with van der Waals surface area (Å²) in [6.45, 7) is 0. The Balaban J connectivity index is 1.66. The average Bonchev–Trinajstić information content (AvgIpc) is 3.12. The lowest BCUT2D eigenvalue weighted by molar-refractivity contribution is 0.1000. The van der Waals surface area contributed by atoms with Crippen molar-refractivity contribution in [2.75, 3.05) is 0 Å². The van der Waals surface area contributed by atoms with Crippen LogP contribution in [-0.2, 0) is 12.8 Å². The van der Waals surface area contributed by atoms with Gasteiger partial charge in [0.05, 0.1) is 0 Å². The molecule has 21 heavy (non-hydrogen) atoms. The quantitative estimate of drug-likeness (QED) is 0.915. The summed E-state index contributed by atoms with van der Waals surface area (Å²) in [7, 11) is 0. The van der Waals surface area contributed by atoms with Gasteiger partial charge < -0.3 is 10.3 Å². The molecule has 5 heteroatoms. The molecule has 0 saturated heterocycles. The van der Waals surface area contributed by atoms with Gasteiger partial charge in [-0.2, -0.15) is 4.98 Å². The molecule has 0 radical (unpaired) electrons. The summed E-state index contributed by atoms with van der Waals surface area (Å²) in [4.78, 5) is 15.6. The van der Waals surface area contributed by atoms with Crippen LogP contribution in [0.4, 0.5) is 0 Å². The number of nitrogens with zero attached hydrogens (tertiary/aromatic N) is 2. The van der Waals surface area contributed by atoms with Crippen LogP contribution in [0.1, 0.15) is 53.3 Å². The Morgan fingerprint density at radius 3 is 2.90 bits per heavy atom. The molecule has 0 unspecified atom stereocenters. The molecule has 0 aliphatic heterocycles. The Bertz CT molecular complexity index is 630. The first-order valence-electron chi connectivity index (χ1n) is 7.41. The van der Waals surface area contributed by atoms with E-state index in [-0.39, 0.29) is 0 Å². The summed E-state index contributed by atoms with van der Waals surface area (Å²) in [5.41, 5.74) is 6.74. The highest BCUT2D eigenvalue weighted by Gasteiger charge is 2.18. The van der Waals surface area contributed by atoms with Crippen LogP contribution in [0.5, 0.6) is 0 Å². The Morgan fingerprint density at radius 1 is 1.33 bits per heavy atom. The van der Waals surface area contributed by atoms with Gasteiger partial charge in [0.1, 0.15) is 0 Å². The molecule has 1 aliphatic rings. The molecule has 1 saturated carbocycles. The zero-order valence-corrected chi connectivity index (χ0v) is 11.9. The molecule has 3 rings (SSSR count). The van der Waals surface area contributed by atoms with Crippen molar-refractivity contribution in [1.82, 2.24) is 10.1 Å². The van der Waals surface area contributed by atoms with E-state index < -0.39 is 5.91 Å². The van der Waals surface area contributed by atoms with E-state index in [0.29, 0.717) is 23.7 Å². The van der Waals surface area contributed by atoms with Gasteiger partial charge in [-0.25, -0.2) is 0 Å². The minimum Gasteiger partial charge on any atom is -0.366 e. The second-order valence-electron chi connectivity index (χ2n) is 5.70. The third-order valence-electron chi connectivity index (χ3n) is 4.02. The van der Waals surface area contributed by atoms with Crippen molar-refractivity contribution < 1.29 is 9.32 Å². The van der Waals surface area contributed by atoms with Gasteiger partial charge in [0.2, 0.25) is 11.8 Å². The van der Waals surface area contributed by atoms with Crippen LogP contribution in [0.3, 0.4) is 0 Å². The minimum absolute atomic E-state index is 0.424. The summed E-state index contributed by atoms with van der Waals surface area (Å²) >= 11 is 0. The van der Waals surface area contributed by atoms with E-state index in [1.807, 2.05) is 12.1 Å². The number of nitrogens with two attached hydrogens (primary N) is 1. The fourth-order valence-electron chi connectivity index (χ4n) is 2.92. The molecule has 1 amide bonds. The van der Waals surface area contributed by atoms with Crippen LogP contribution in [0.15, 0.2) is 28.8 Å². The van der Waals surface area contributed by atoms with Gasteiger partial charge in [-0.05, 0) is 36.5 Å². The van der Waals surface area contributed by atoms with Crippen molar-refractivity contribution in [2.45, 2.75) is 38.5 Å². The third kappa shape index (κ3) is 3.48. The number of amides is 1. The van der Waals surface area contributed by atoms with Crippen LogP contribution < -0.4 is 5.73 Å². The van der Waals surface area contributed by atoms with E-state index in [2.05, 4.69) is 10.1 Å². The van der Waals surface area contributed by atoms with Gasteiger partial charge in [0.25, 0.3) is 0 Å². The van der Waals surface area contributed by atoms with Gasteiger partial charge in [0.15, 0.2) is 5.82 Å². The zero-order valence-electron chi connectivity index (χ0n) is 11.9. The highest BCUT2D eigenvalue weighted by atomic mass is 16.5. The van der Waals surface area contributed by atoms with Crippen molar-refractivity contribution in [3.05, 3.63) is 47.1 Å². The molecule has 1 aromatic heterocycles. The lowest BCUT2D eigenvalue weighted by Gasteiger charge is -2.02. The van der Waals surface area contributed by atoms with Crippen molar-refractivity contribution >= 4 is 5.91 Å². The zero-order chi connectivity index (χ0) is 14.7. The minimum atomic E-state index is -0.424. The normalized spacial score (nSPS) is 15.4. The fourth-order valence-corrected chi connectivity index (χ4v) is 2.92. The molecule has 0 spiro atoms. The maximum Gasteiger partial charge on any atom is 0.248 e. The van der Waals surface area contributed by atoms with Crippen LogP contribution >= 0.6 is 0 Å². The second kappa shape index (κ2) is 6.08. The van der Waals surface area contributed by atoms with E-state index in [4.69, 9.17) is 10.3 Å². The van der Waals surface area contributed by atoms with E-state index in [1.54, 1.807) is 12.1 Å². The summed E-state index contributed by atoms with van der Waals surface area (Å²) in [5.74, 6) is 1.65. The molecule has 1 heterocycles. The number of hydrogen-bond acceptors (Lipinski definition) is 4. The number of aromatic nitrogens is 2. The molecule has 1 fully saturated rings. The topological polar surface area (TPSA) is 82.0 Å². The molecule has 0 atom stereocenters. The number of rotatable bonds is 5. The molecular formula is C16H19N3O2.